The number of carbonyl (C=O) groups excluding carboxylic acids is 1. The van der Waals surface area contributed by atoms with Gasteiger partial charge in [-0.25, -0.2) is 0 Å². The Hall–Kier alpha value is -1.31. The first-order chi connectivity index (χ1) is 8.22. The first-order valence-electron chi connectivity index (χ1n) is 6.54. The van der Waals surface area contributed by atoms with Crippen LogP contribution in [0.2, 0.25) is 0 Å². The Bertz CT molecular complexity index is 409. The summed E-state index contributed by atoms with van der Waals surface area (Å²) < 4.78 is 5.95. The van der Waals surface area contributed by atoms with Crippen LogP contribution in [-0.4, -0.2) is 11.9 Å². The Morgan fingerprint density at radius 2 is 2.18 bits per heavy atom. The fourth-order valence-electron chi connectivity index (χ4n) is 2.44. The van der Waals surface area contributed by atoms with E-state index in [0.717, 1.165) is 42.6 Å². The van der Waals surface area contributed by atoms with E-state index in [9.17, 15) is 4.79 Å². The van der Waals surface area contributed by atoms with Gasteiger partial charge in [0.15, 0.2) is 5.78 Å². The highest BCUT2D eigenvalue weighted by Gasteiger charge is 2.20. The number of rotatable bonds is 4. The van der Waals surface area contributed by atoms with Gasteiger partial charge >= 0.3 is 0 Å². The van der Waals surface area contributed by atoms with Crippen molar-refractivity contribution in [3.05, 3.63) is 29.3 Å². The Balaban J connectivity index is 2.23. The smallest absolute Gasteiger partial charge is 0.163 e. The molecule has 0 spiro atoms. The normalized spacial score (nSPS) is 16.5. The highest BCUT2D eigenvalue weighted by atomic mass is 16.5. The Morgan fingerprint density at radius 1 is 1.35 bits per heavy atom. The van der Waals surface area contributed by atoms with Gasteiger partial charge in [-0.05, 0) is 32.3 Å². The lowest BCUT2D eigenvalue weighted by molar-refractivity contribution is 0.0970. The van der Waals surface area contributed by atoms with Crippen LogP contribution in [0.5, 0.6) is 5.75 Å². The first-order valence-corrected chi connectivity index (χ1v) is 6.54. The largest absolute Gasteiger partial charge is 0.490 e. The van der Waals surface area contributed by atoms with E-state index >= 15 is 0 Å². The maximum Gasteiger partial charge on any atom is 0.163 e. The molecule has 2 nitrogen and oxygen atoms in total. The third-order valence-corrected chi connectivity index (χ3v) is 3.29. The predicted molar refractivity (Wildman–Crippen MR) is 68.7 cm³/mol. The van der Waals surface area contributed by atoms with Gasteiger partial charge < -0.3 is 4.74 Å². The van der Waals surface area contributed by atoms with E-state index in [-0.39, 0.29) is 11.9 Å². The second-order valence-electron chi connectivity index (χ2n) is 4.78. The highest BCUT2D eigenvalue weighted by molar-refractivity contribution is 5.99. The van der Waals surface area contributed by atoms with Crippen LogP contribution in [0.3, 0.4) is 0 Å². The van der Waals surface area contributed by atoms with Crippen molar-refractivity contribution in [2.45, 2.75) is 52.1 Å². The van der Waals surface area contributed by atoms with Crippen LogP contribution in [0, 0.1) is 0 Å². The summed E-state index contributed by atoms with van der Waals surface area (Å²) in [5, 5.41) is 0. The summed E-state index contributed by atoms with van der Waals surface area (Å²) in [6.07, 6.45) is 5.00. The molecule has 0 saturated carbocycles. The van der Waals surface area contributed by atoms with E-state index in [0.29, 0.717) is 6.42 Å². The molecule has 0 fully saturated rings. The van der Waals surface area contributed by atoms with E-state index in [2.05, 4.69) is 13.8 Å². The van der Waals surface area contributed by atoms with Gasteiger partial charge in [-0.3, -0.25) is 4.79 Å². The zero-order chi connectivity index (χ0) is 12.3. The fraction of sp³-hybridized carbons (Fsp3) is 0.533. The van der Waals surface area contributed by atoms with Gasteiger partial charge in [0.1, 0.15) is 5.75 Å². The standard InChI is InChI=1S/C15H20O2/c1-3-6-11(2)17-15-10-5-7-12-13(15)8-4-9-14(12)16/h5,7,10-11H,3-4,6,8-9H2,1-2H3. The molecule has 0 aromatic heterocycles. The Kier molecular flexibility index (Phi) is 3.82. The van der Waals surface area contributed by atoms with Crippen LogP contribution in [0.15, 0.2) is 18.2 Å². The van der Waals surface area contributed by atoms with Crippen LogP contribution >= 0.6 is 0 Å². The molecule has 1 aliphatic carbocycles. The van der Waals surface area contributed by atoms with Crippen LogP contribution < -0.4 is 4.74 Å². The fourth-order valence-corrected chi connectivity index (χ4v) is 2.44. The topological polar surface area (TPSA) is 26.3 Å². The lowest BCUT2D eigenvalue weighted by Crippen LogP contribution is -2.16. The Morgan fingerprint density at radius 3 is 2.94 bits per heavy atom. The molecule has 92 valence electrons. The molecule has 1 unspecified atom stereocenters. The first kappa shape index (κ1) is 12.2. The summed E-state index contributed by atoms with van der Waals surface area (Å²) in [6, 6.07) is 5.84. The monoisotopic (exact) mass is 232 g/mol. The van der Waals surface area contributed by atoms with Crippen molar-refractivity contribution in [2.24, 2.45) is 0 Å². The molecule has 0 amide bonds. The summed E-state index contributed by atoms with van der Waals surface area (Å²) in [5.41, 5.74) is 1.99. The second-order valence-corrected chi connectivity index (χ2v) is 4.78. The third-order valence-electron chi connectivity index (χ3n) is 3.29. The van der Waals surface area contributed by atoms with Gasteiger partial charge in [-0.1, -0.05) is 25.5 Å². The molecular weight excluding hydrogens is 212 g/mol. The molecule has 1 atom stereocenters. The van der Waals surface area contributed by atoms with E-state index in [4.69, 9.17) is 4.74 Å². The number of hydrogen-bond donors (Lipinski definition) is 0. The molecule has 2 rings (SSSR count). The predicted octanol–water partition coefficient (Wildman–Crippen LogP) is 3.77. The summed E-state index contributed by atoms with van der Waals surface area (Å²) in [4.78, 5) is 11.8. The molecule has 1 aliphatic rings. The number of hydrogen-bond acceptors (Lipinski definition) is 2. The van der Waals surface area contributed by atoms with Gasteiger partial charge in [0.25, 0.3) is 0 Å². The number of ether oxygens (including phenoxy) is 1. The zero-order valence-corrected chi connectivity index (χ0v) is 10.7. The minimum Gasteiger partial charge on any atom is -0.490 e. The van der Waals surface area contributed by atoms with Crippen molar-refractivity contribution in [1.82, 2.24) is 0 Å². The molecule has 0 saturated heterocycles. The molecule has 0 N–H and O–H groups in total. The maximum absolute atomic E-state index is 11.8. The molecule has 1 aromatic carbocycles. The molecule has 0 heterocycles. The number of ketones is 1. The summed E-state index contributed by atoms with van der Waals surface area (Å²) in [7, 11) is 0. The lowest BCUT2D eigenvalue weighted by atomic mass is 9.90. The molecule has 0 radical (unpaired) electrons. The third kappa shape index (κ3) is 2.68. The van der Waals surface area contributed by atoms with Crippen molar-refractivity contribution >= 4 is 5.78 Å². The summed E-state index contributed by atoms with van der Waals surface area (Å²) >= 11 is 0. The number of carbonyl (C=O) groups is 1. The van der Waals surface area contributed by atoms with E-state index in [1.165, 1.54) is 0 Å². The summed E-state index contributed by atoms with van der Waals surface area (Å²) in [5.74, 6) is 1.18. The van der Waals surface area contributed by atoms with Crippen LogP contribution in [0.1, 0.15) is 55.5 Å². The summed E-state index contributed by atoms with van der Waals surface area (Å²) in [6.45, 7) is 4.25. The number of benzene rings is 1. The Labute approximate surface area is 103 Å². The van der Waals surface area contributed by atoms with Gasteiger partial charge in [0.2, 0.25) is 0 Å². The van der Waals surface area contributed by atoms with Crippen LogP contribution in [0.25, 0.3) is 0 Å². The van der Waals surface area contributed by atoms with Crippen molar-refractivity contribution in [3.63, 3.8) is 0 Å². The minimum absolute atomic E-state index is 0.225. The molecule has 2 heteroatoms. The quantitative estimate of drug-likeness (QED) is 0.789. The van der Waals surface area contributed by atoms with Crippen molar-refractivity contribution in [1.29, 1.82) is 0 Å². The lowest BCUT2D eigenvalue weighted by Gasteiger charge is -2.21. The maximum atomic E-state index is 11.8. The molecule has 0 bridgehead atoms. The van der Waals surface area contributed by atoms with Crippen molar-refractivity contribution in [2.75, 3.05) is 0 Å². The highest BCUT2D eigenvalue weighted by Crippen LogP contribution is 2.30. The number of fused-ring (bicyclic) bond motifs is 1. The van der Waals surface area contributed by atoms with Crippen LogP contribution in [-0.2, 0) is 6.42 Å². The molecule has 17 heavy (non-hydrogen) atoms. The number of Topliss-reactive ketones (excluding diaryl/α,β-unsaturated/α-hetero) is 1. The molecule has 0 aliphatic heterocycles. The minimum atomic E-state index is 0.225. The van der Waals surface area contributed by atoms with Gasteiger partial charge in [0.05, 0.1) is 6.10 Å². The van der Waals surface area contributed by atoms with E-state index < -0.39 is 0 Å². The molecular formula is C15H20O2. The SMILES string of the molecule is CCCC(C)Oc1cccc2c1CCCC2=O. The molecule has 1 aromatic rings. The van der Waals surface area contributed by atoms with Gasteiger partial charge in [-0.2, -0.15) is 0 Å². The van der Waals surface area contributed by atoms with Crippen molar-refractivity contribution < 1.29 is 9.53 Å². The van der Waals surface area contributed by atoms with Crippen molar-refractivity contribution in [3.8, 4) is 5.75 Å². The van der Waals surface area contributed by atoms with E-state index in [1.54, 1.807) is 0 Å². The second kappa shape index (κ2) is 5.35. The average molecular weight is 232 g/mol. The van der Waals surface area contributed by atoms with E-state index in [1.807, 2.05) is 18.2 Å². The van der Waals surface area contributed by atoms with Crippen LogP contribution in [0.4, 0.5) is 0 Å². The average Bonchev–Trinajstić information content (AvgIpc) is 2.31. The van der Waals surface area contributed by atoms with Gasteiger partial charge in [0, 0.05) is 17.5 Å². The van der Waals surface area contributed by atoms with Gasteiger partial charge in [-0.15, -0.1) is 0 Å². The zero-order valence-electron chi connectivity index (χ0n) is 10.7.